The molecular formula is C26H32N4O8. The van der Waals surface area contributed by atoms with Gasteiger partial charge in [-0.15, -0.1) is 0 Å². The largest absolute Gasteiger partial charge is 0.493 e. The Kier molecular flexibility index (Phi) is 9.74. The maximum absolute atomic E-state index is 12.6. The summed E-state index contributed by atoms with van der Waals surface area (Å²) in [5, 5.41) is 0. The number of benzene rings is 2. The molecule has 4 N–H and O–H groups in total. The Morgan fingerprint density at radius 1 is 0.553 bits per heavy atom. The van der Waals surface area contributed by atoms with Crippen molar-refractivity contribution in [2.24, 2.45) is 11.8 Å². The third-order valence-corrected chi connectivity index (χ3v) is 6.36. The van der Waals surface area contributed by atoms with E-state index >= 15 is 0 Å². The van der Waals surface area contributed by atoms with Gasteiger partial charge in [0.2, 0.25) is 11.8 Å². The van der Waals surface area contributed by atoms with E-state index in [0.29, 0.717) is 59.8 Å². The summed E-state index contributed by atoms with van der Waals surface area (Å²) in [7, 11) is 5.91. The number of hydrazine groups is 2. The van der Waals surface area contributed by atoms with Gasteiger partial charge in [-0.25, -0.2) is 0 Å². The first kappa shape index (κ1) is 28.1. The van der Waals surface area contributed by atoms with Crippen molar-refractivity contribution >= 4 is 23.6 Å². The van der Waals surface area contributed by atoms with Crippen molar-refractivity contribution in [3.8, 4) is 23.0 Å². The second-order valence-corrected chi connectivity index (χ2v) is 8.57. The minimum absolute atomic E-state index is 0.290. The second kappa shape index (κ2) is 13.2. The van der Waals surface area contributed by atoms with Gasteiger partial charge in [-0.2, -0.15) is 0 Å². The molecule has 0 heterocycles. The molecule has 12 heteroatoms. The molecule has 3 rings (SSSR count). The lowest BCUT2D eigenvalue weighted by atomic mass is 9.81. The lowest BCUT2D eigenvalue weighted by molar-refractivity contribution is -0.131. The summed E-state index contributed by atoms with van der Waals surface area (Å²) in [6.45, 7) is 0. The van der Waals surface area contributed by atoms with Crippen LogP contribution in [-0.2, 0) is 9.59 Å². The predicted molar refractivity (Wildman–Crippen MR) is 136 cm³/mol. The quantitative estimate of drug-likeness (QED) is 0.378. The fourth-order valence-corrected chi connectivity index (χ4v) is 4.16. The Balaban J connectivity index is 1.43. The summed E-state index contributed by atoms with van der Waals surface area (Å²) in [6, 6.07) is 9.31. The van der Waals surface area contributed by atoms with E-state index in [4.69, 9.17) is 18.9 Å². The van der Waals surface area contributed by atoms with Crippen molar-refractivity contribution in [1.82, 2.24) is 21.7 Å². The van der Waals surface area contributed by atoms with E-state index in [1.54, 1.807) is 24.3 Å². The Labute approximate surface area is 220 Å². The summed E-state index contributed by atoms with van der Waals surface area (Å²) >= 11 is 0. The Hall–Kier alpha value is -4.48. The summed E-state index contributed by atoms with van der Waals surface area (Å²) in [4.78, 5) is 49.9. The Morgan fingerprint density at radius 2 is 0.895 bits per heavy atom. The van der Waals surface area contributed by atoms with Gasteiger partial charge in [-0.05, 0) is 62.1 Å². The molecule has 0 atom stereocenters. The second-order valence-electron chi connectivity index (χ2n) is 8.57. The van der Waals surface area contributed by atoms with E-state index in [0.717, 1.165) is 0 Å². The van der Waals surface area contributed by atoms with E-state index < -0.39 is 11.8 Å². The highest BCUT2D eigenvalue weighted by molar-refractivity contribution is 5.97. The third kappa shape index (κ3) is 6.84. The van der Waals surface area contributed by atoms with E-state index in [-0.39, 0.29) is 23.7 Å². The van der Waals surface area contributed by atoms with Crippen LogP contribution in [-0.4, -0.2) is 52.1 Å². The van der Waals surface area contributed by atoms with Crippen LogP contribution in [0.4, 0.5) is 0 Å². The monoisotopic (exact) mass is 528 g/mol. The van der Waals surface area contributed by atoms with Crippen LogP contribution in [0.3, 0.4) is 0 Å². The van der Waals surface area contributed by atoms with Crippen LogP contribution in [0.1, 0.15) is 46.4 Å². The molecule has 0 saturated heterocycles. The van der Waals surface area contributed by atoms with Crippen LogP contribution in [0.15, 0.2) is 36.4 Å². The van der Waals surface area contributed by atoms with Gasteiger partial charge < -0.3 is 18.9 Å². The van der Waals surface area contributed by atoms with Crippen molar-refractivity contribution in [2.45, 2.75) is 25.7 Å². The van der Waals surface area contributed by atoms with Gasteiger partial charge in [0.05, 0.1) is 28.4 Å². The predicted octanol–water partition coefficient (Wildman–Crippen LogP) is 1.75. The molecule has 12 nitrogen and oxygen atoms in total. The van der Waals surface area contributed by atoms with Crippen LogP contribution in [0.2, 0.25) is 0 Å². The van der Waals surface area contributed by atoms with Crippen LogP contribution < -0.4 is 40.7 Å². The first-order chi connectivity index (χ1) is 18.3. The van der Waals surface area contributed by atoms with Crippen molar-refractivity contribution in [1.29, 1.82) is 0 Å². The van der Waals surface area contributed by atoms with Crippen molar-refractivity contribution in [2.75, 3.05) is 28.4 Å². The highest BCUT2D eigenvalue weighted by Gasteiger charge is 2.30. The van der Waals surface area contributed by atoms with Gasteiger partial charge in [-0.1, -0.05) is 0 Å². The number of hydrogen-bond acceptors (Lipinski definition) is 8. The molecule has 1 saturated carbocycles. The zero-order valence-electron chi connectivity index (χ0n) is 21.7. The molecule has 0 radical (unpaired) electrons. The molecule has 0 aromatic heterocycles. The van der Waals surface area contributed by atoms with Crippen LogP contribution >= 0.6 is 0 Å². The van der Waals surface area contributed by atoms with Crippen LogP contribution in [0, 0.1) is 11.8 Å². The summed E-state index contributed by atoms with van der Waals surface area (Å²) in [5.74, 6) is -0.638. The van der Waals surface area contributed by atoms with Crippen molar-refractivity contribution in [3.63, 3.8) is 0 Å². The molecule has 204 valence electrons. The van der Waals surface area contributed by atoms with E-state index in [9.17, 15) is 19.2 Å². The fourth-order valence-electron chi connectivity index (χ4n) is 4.16. The minimum atomic E-state index is -0.502. The molecule has 1 aliphatic carbocycles. The number of ether oxygens (including phenoxy) is 4. The lowest BCUT2D eigenvalue weighted by Gasteiger charge is -2.27. The van der Waals surface area contributed by atoms with Gasteiger partial charge in [0.25, 0.3) is 11.8 Å². The molecule has 1 aliphatic rings. The topological polar surface area (TPSA) is 153 Å². The van der Waals surface area contributed by atoms with Gasteiger partial charge in [-0.3, -0.25) is 40.9 Å². The first-order valence-electron chi connectivity index (χ1n) is 12.0. The number of carbonyl (C=O) groups is 4. The molecule has 0 bridgehead atoms. The third-order valence-electron chi connectivity index (χ3n) is 6.36. The molecule has 1 fully saturated rings. The van der Waals surface area contributed by atoms with Gasteiger partial charge in [0.1, 0.15) is 0 Å². The Bertz CT molecular complexity index is 1090. The van der Waals surface area contributed by atoms with E-state index in [2.05, 4.69) is 21.7 Å². The normalized spacial score (nSPS) is 16.4. The standard InChI is InChI=1S/C26H32N4O8/c1-35-19-11-9-17(13-21(19)37-3)25(33)29-27-23(31)15-5-7-16(8-6-15)24(32)28-30-26(34)18-10-12-20(36-2)22(14-18)38-4/h9-16H,5-8H2,1-4H3,(H,27,31)(H,28,32)(H,29,33)(H,30,34). The van der Waals surface area contributed by atoms with Gasteiger partial charge >= 0.3 is 0 Å². The molecule has 4 amide bonds. The number of hydrogen-bond donors (Lipinski definition) is 4. The molecule has 0 aliphatic heterocycles. The molecule has 38 heavy (non-hydrogen) atoms. The smallest absolute Gasteiger partial charge is 0.269 e. The maximum Gasteiger partial charge on any atom is 0.269 e. The zero-order chi connectivity index (χ0) is 27.7. The van der Waals surface area contributed by atoms with Crippen LogP contribution in [0.25, 0.3) is 0 Å². The number of methoxy groups -OCH3 is 4. The van der Waals surface area contributed by atoms with E-state index in [1.165, 1.54) is 40.6 Å². The molecule has 2 aromatic carbocycles. The fraction of sp³-hybridized carbons (Fsp3) is 0.385. The number of carbonyl (C=O) groups excluding carboxylic acids is 4. The Morgan fingerprint density at radius 3 is 1.21 bits per heavy atom. The number of amides is 4. The average molecular weight is 529 g/mol. The summed E-state index contributed by atoms with van der Waals surface area (Å²) in [5.41, 5.74) is 10.3. The molecule has 2 aromatic rings. The first-order valence-corrected chi connectivity index (χ1v) is 12.0. The molecule has 0 spiro atoms. The number of rotatable bonds is 8. The van der Waals surface area contributed by atoms with Gasteiger partial charge in [0.15, 0.2) is 23.0 Å². The van der Waals surface area contributed by atoms with E-state index in [1.807, 2.05) is 0 Å². The lowest BCUT2D eigenvalue weighted by Crippen LogP contribution is -2.47. The number of nitrogens with one attached hydrogen (secondary N) is 4. The average Bonchev–Trinajstić information content (AvgIpc) is 2.97. The summed E-state index contributed by atoms with van der Waals surface area (Å²) < 4.78 is 20.7. The highest BCUT2D eigenvalue weighted by atomic mass is 16.5. The van der Waals surface area contributed by atoms with Crippen LogP contribution in [0.5, 0.6) is 23.0 Å². The zero-order valence-corrected chi connectivity index (χ0v) is 21.7. The minimum Gasteiger partial charge on any atom is -0.493 e. The maximum atomic E-state index is 12.6. The van der Waals surface area contributed by atoms with Crippen molar-refractivity contribution in [3.05, 3.63) is 47.5 Å². The highest BCUT2D eigenvalue weighted by Crippen LogP contribution is 2.30. The summed E-state index contributed by atoms with van der Waals surface area (Å²) in [6.07, 6.45) is 1.83. The SMILES string of the molecule is COc1ccc(C(=O)NNC(=O)C2CCC(C(=O)NNC(=O)c3ccc(OC)c(OC)c3)CC2)cc1OC. The van der Waals surface area contributed by atoms with Crippen molar-refractivity contribution < 1.29 is 38.1 Å². The molecule has 0 unspecified atom stereocenters. The van der Waals surface area contributed by atoms with Gasteiger partial charge in [0, 0.05) is 23.0 Å². The molecular weight excluding hydrogens is 496 g/mol.